The lowest BCUT2D eigenvalue weighted by molar-refractivity contribution is -0.132. The molecule has 0 aliphatic rings. The van der Waals surface area contributed by atoms with Crippen LogP contribution in [0, 0.1) is 0 Å². The molecule has 18 heavy (non-hydrogen) atoms. The zero-order chi connectivity index (χ0) is 14.0. The lowest BCUT2D eigenvalue weighted by atomic mass is 10.4. The minimum absolute atomic E-state index is 0.152. The average molecular weight is 367 g/mol. The third kappa shape index (κ3) is 4.75. The van der Waals surface area contributed by atoms with E-state index in [0.29, 0.717) is 9.50 Å². The molecule has 0 saturated heterocycles. The van der Waals surface area contributed by atoms with Gasteiger partial charge in [0, 0.05) is 11.0 Å². The third-order valence-electron chi connectivity index (χ3n) is 1.90. The molecule has 1 aromatic carbocycles. The fourth-order valence-electron chi connectivity index (χ4n) is 1.05. The van der Waals surface area contributed by atoms with Crippen LogP contribution in [0.1, 0.15) is 6.42 Å². The van der Waals surface area contributed by atoms with Crippen LogP contribution in [0.5, 0.6) is 0 Å². The molecule has 0 aliphatic carbocycles. The second-order valence-corrected chi connectivity index (χ2v) is 6.37. The van der Waals surface area contributed by atoms with E-state index in [4.69, 9.17) is 11.6 Å². The highest BCUT2D eigenvalue weighted by molar-refractivity contribution is 9.10. The van der Waals surface area contributed by atoms with Crippen LogP contribution in [0.25, 0.3) is 0 Å². The third-order valence-corrected chi connectivity index (χ3v) is 4.57. The van der Waals surface area contributed by atoms with Gasteiger partial charge in [0.15, 0.2) is 0 Å². The maximum Gasteiger partial charge on any atom is 0.390 e. The molecule has 0 bridgehead atoms. The van der Waals surface area contributed by atoms with Crippen LogP contribution >= 0.6 is 27.5 Å². The molecule has 1 rings (SSSR count). The number of hydrogen-bond donors (Lipinski definition) is 1. The molecule has 0 fully saturated rings. The van der Waals surface area contributed by atoms with Crippen molar-refractivity contribution in [1.82, 2.24) is 4.72 Å². The summed E-state index contributed by atoms with van der Waals surface area (Å²) in [5, 5.41) is 0.309. The SMILES string of the molecule is O=S(=O)(NCCC(F)(F)F)c1ccc(Cl)c(Br)c1. The minimum Gasteiger partial charge on any atom is -0.211 e. The van der Waals surface area contributed by atoms with Crippen LogP contribution in [-0.4, -0.2) is 21.1 Å². The lowest BCUT2D eigenvalue weighted by Crippen LogP contribution is -2.28. The Morgan fingerprint density at radius 3 is 2.44 bits per heavy atom. The van der Waals surface area contributed by atoms with Gasteiger partial charge in [-0.25, -0.2) is 13.1 Å². The Morgan fingerprint density at radius 1 is 1.33 bits per heavy atom. The van der Waals surface area contributed by atoms with Crippen molar-refractivity contribution in [3.63, 3.8) is 0 Å². The Labute approximate surface area is 116 Å². The lowest BCUT2D eigenvalue weighted by Gasteiger charge is -2.09. The van der Waals surface area contributed by atoms with Crippen molar-refractivity contribution in [3.8, 4) is 0 Å². The first-order valence-corrected chi connectivity index (χ1v) is 7.29. The number of halogens is 5. The van der Waals surface area contributed by atoms with Crippen molar-refractivity contribution in [1.29, 1.82) is 0 Å². The quantitative estimate of drug-likeness (QED) is 0.888. The molecular formula is C9H8BrClF3NO2S. The van der Waals surface area contributed by atoms with Gasteiger partial charge in [0.1, 0.15) is 0 Å². The van der Waals surface area contributed by atoms with E-state index in [9.17, 15) is 21.6 Å². The van der Waals surface area contributed by atoms with Gasteiger partial charge in [-0.3, -0.25) is 0 Å². The molecule has 3 nitrogen and oxygen atoms in total. The molecule has 1 N–H and O–H groups in total. The van der Waals surface area contributed by atoms with Gasteiger partial charge in [-0.1, -0.05) is 11.6 Å². The summed E-state index contributed by atoms with van der Waals surface area (Å²) < 4.78 is 61.2. The first-order valence-electron chi connectivity index (χ1n) is 4.63. The van der Waals surface area contributed by atoms with Gasteiger partial charge < -0.3 is 0 Å². The Kier molecular flexibility index (Phi) is 5.05. The van der Waals surface area contributed by atoms with Gasteiger partial charge >= 0.3 is 6.18 Å². The maximum atomic E-state index is 11.9. The van der Waals surface area contributed by atoms with Gasteiger partial charge in [-0.2, -0.15) is 13.2 Å². The largest absolute Gasteiger partial charge is 0.390 e. The molecular weight excluding hydrogens is 359 g/mol. The number of nitrogens with one attached hydrogen (secondary N) is 1. The van der Waals surface area contributed by atoms with Crippen LogP contribution < -0.4 is 4.72 Å². The summed E-state index contributed by atoms with van der Waals surface area (Å²) in [4.78, 5) is -0.152. The molecule has 0 heterocycles. The molecule has 1 aromatic rings. The van der Waals surface area contributed by atoms with Gasteiger partial charge in [-0.05, 0) is 34.1 Å². The summed E-state index contributed by atoms with van der Waals surface area (Å²) in [5.74, 6) is 0. The molecule has 0 atom stereocenters. The smallest absolute Gasteiger partial charge is 0.211 e. The highest BCUT2D eigenvalue weighted by Gasteiger charge is 2.27. The Morgan fingerprint density at radius 2 is 1.94 bits per heavy atom. The van der Waals surface area contributed by atoms with Crippen LogP contribution in [0.15, 0.2) is 27.6 Å². The van der Waals surface area contributed by atoms with Crippen LogP contribution in [0.2, 0.25) is 5.02 Å². The van der Waals surface area contributed by atoms with E-state index in [2.05, 4.69) is 15.9 Å². The van der Waals surface area contributed by atoms with Crippen LogP contribution in [0.4, 0.5) is 13.2 Å². The van der Waals surface area contributed by atoms with E-state index in [0.717, 1.165) is 0 Å². The first-order chi connectivity index (χ1) is 8.12. The number of benzene rings is 1. The average Bonchev–Trinajstić information content (AvgIpc) is 2.19. The van der Waals surface area contributed by atoms with E-state index < -0.39 is 29.2 Å². The predicted molar refractivity (Wildman–Crippen MR) is 65.0 cm³/mol. The van der Waals surface area contributed by atoms with Crippen molar-refractivity contribution in [2.24, 2.45) is 0 Å². The molecule has 0 amide bonds. The zero-order valence-electron chi connectivity index (χ0n) is 8.76. The van der Waals surface area contributed by atoms with Crippen molar-refractivity contribution >= 4 is 37.6 Å². The summed E-state index contributed by atoms with van der Waals surface area (Å²) in [5.41, 5.74) is 0. The summed E-state index contributed by atoms with van der Waals surface area (Å²) in [6.45, 7) is -0.702. The molecule has 102 valence electrons. The van der Waals surface area contributed by atoms with E-state index in [1.54, 1.807) is 0 Å². The number of rotatable bonds is 4. The standard InChI is InChI=1S/C9H8BrClF3NO2S/c10-7-5-6(1-2-8(7)11)18(16,17)15-4-3-9(12,13)14/h1-2,5,15H,3-4H2. The van der Waals surface area contributed by atoms with Gasteiger partial charge in [0.2, 0.25) is 10.0 Å². The molecule has 0 aliphatic heterocycles. The van der Waals surface area contributed by atoms with E-state index >= 15 is 0 Å². The van der Waals surface area contributed by atoms with E-state index in [-0.39, 0.29) is 4.90 Å². The number of alkyl halides is 3. The second kappa shape index (κ2) is 5.77. The fraction of sp³-hybridized carbons (Fsp3) is 0.333. The zero-order valence-corrected chi connectivity index (χ0v) is 11.9. The predicted octanol–water partition coefficient (Wildman–Crippen LogP) is 3.33. The van der Waals surface area contributed by atoms with Crippen molar-refractivity contribution in [3.05, 3.63) is 27.7 Å². The summed E-state index contributed by atoms with van der Waals surface area (Å²) in [6.07, 6.45) is -5.62. The van der Waals surface area contributed by atoms with Crippen molar-refractivity contribution < 1.29 is 21.6 Å². The molecule has 0 spiro atoms. The van der Waals surface area contributed by atoms with Crippen LogP contribution in [0.3, 0.4) is 0 Å². The summed E-state index contributed by atoms with van der Waals surface area (Å²) in [7, 11) is -3.96. The monoisotopic (exact) mass is 365 g/mol. The highest BCUT2D eigenvalue weighted by atomic mass is 79.9. The van der Waals surface area contributed by atoms with Crippen LogP contribution in [-0.2, 0) is 10.0 Å². The molecule has 0 radical (unpaired) electrons. The number of sulfonamides is 1. The summed E-state index contributed by atoms with van der Waals surface area (Å²) >= 11 is 8.72. The van der Waals surface area contributed by atoms with Gasteiger partial charge in [-0.15, -0.1) is 0 Å². The highest BCUT2D eigenvalue weighted by Crippen LogP contribution is 2.25. The van der Waals surface area contributed by atoms with Gasteiger partial charge in [0.25, 0.3) is 0 Å². The van der Waals surface area contributed by atoms with Crippen molar-refractivity contribution in [2.75, 3.05) is 6.54 Å². The molecule has 0 unspecified atom stereocenters. The topological polar surface area (TPSA) is 46.2 Å². The summed E-state index contributed by atoms with van der Waals surface area (Å²) in [6, 6.07) is 3.77. The molecule has 9 heteroatoms. The Hall–Kier alpha value is -0.310. The first kappa shape index (κ1) is 15.7. The van der Waals surface area contributed by atoms with Gasteiger partial charge in [0.05, 0.1) is 16.3 Å². The Balaban J connectivity index is 2.77. The second-order valence-electron chi connectivity index (χ2n) is 3.34. The van der Waals surface area contributed by atoms with E-state index in [1.165, 1.54) is 18.2 Å². The molecule has 0 saturated carbocycles. The minimum atomic E-state index is -4.40. The normalized spacial score (nSPS) is 12.7. The molecule has 0 aromatic heterocycles. The van der Waals surface area contributed by atoms with E-state index in [1.807, 2.05) is 4.72 Å². The number of hydrogen-bond acceptors (Lipinski definition) is 2. The fourth-order valence-corrected chi connectivity index (χ4v) is 2.76. The maximum absolute atomic E-state index is 11.9. The Bertz CT molecular complexity index is 533. The van der Waals surface area contributed by atoms with Crippen molar-refractivity contribution in [2.45, 2.75) is 17.5 Å².